The number of nitrogen functional groups attached to an aromatic ring is 1. The predicted molar refractivity (Wildman–Crippen MR) is 107 cm³/mol. The number of hydrogen-bond acceptors (Lipinski definition) is 5. The van der Waals surface area contributed by atoms with Crippen LogP contribution in [0, 0.1) is 6.92 Å². The Labute approximate surface area is 183 Å². The highest BCUT2D eigenvalue weighted by atomic mass is 19.4. The third-order valence-electron chi connectivity index (χ3n) is 4.85. The van der Waals surface area contributed by atoms with E-state index >= 15 is 0 Å². The summed E-state index contributed by atoms with van der Waals surface area (Å²) in [6.45, 7) is 0.00178. The summed E-state index contributed by atoms with van der Waals surface area (Å²) in [5, 5.41) is 10.0. The topological polar surface area (TPSA) is 92.3 Å². The molecule has 0 saturated heterocycles. The molecule has 0 aliphatic carbocycles. The van der Waals surface area contributed by atoms with E-state index in [-0.39, 0.29) is 17.1 Å². The maximum Gasteiger partial charge on any atom is 0.417 e. The lowest BCUT2D eigenvalue weighted by atomic mass is 10.1. The normalized spacial score (nSPS) is 13.2. The van der Waals surface area contributed by atoms with Crippen LogP contribution in [0.3, 0.4) is 0 Å². The molecule has 6 nitrogen and oxygen atoms in total. The summed E-state index contributed by atoms with van der Waals surface area (Å²) in [5.74, 6) is -0.596. The minimum Gasteiger partial charge on any atom is -0.383 e. The van der Waals surface area contributed by atoms with E-state index in [9.17, 15) is 36.2 Å². The molecule has 0 radical (unpaired) electrons. The molecule has 0 bridgehead atoms. The fraction of sp³-hybridized carbons (Fsp3) is 0.286. The molecule has 176 valence electrons. The first-order valence-electron chi connectivity index (χ1n) is 9.49. The number of alkyl halides is 6. The van der Waals surface area contributed by atoms with Crippen molar-refractivity contribution in [1.82, 2.24) is 14.9 Å². The number of aliphatic hydroxyl groups excluding tert-OH is 1. The zero-order chi connectivity index (χ0) is 24.6. The number of rotatable bonds is 5. The molecule has 0 aliphatic rings. The molecule has 2 heterocycles. The van der Waals surface area contributed by atoms with Crippen molar-refractivity contribution in [3.8, 4) is 0 Å². The number of anilines is 1. The van der Waals surface area contributed by atoms with E-state index in [4.69, 9.17) is 5.73 Å². The summed E-state index contributed by atoms with van der Waals surface area (Å²) in [4.78, 5) is 21.5. The monoisotopic (exact) mass is 472 g/mol. The lowest BCUT2D eigenvalue weighted by molar-refractivity contribution is -0.206. The van der Waals surface area contributed by atoms with E-state index in [0.717, 1.165) is 6.07 Å². The van der Waals surface area contributed by atoms with Crippen LogP contribution in [0.4, 0.5) is 32.2 Å². The Morgan fingerprint density at radius 1 is 1.12 bits per heavy atom. The summed E-state index contributed by atoms with van der Waals surface area (Å²) < 4.78 is 77.0. The summed E-state index contributed by atoms with van der Waals surface area (Å²) >= 11 is 0. The highest BCUT2D eigenvalue weighted by Crippen LogP contribution is 2.29. The number of amides is 1. The van der Waals surface area contributed by atoms with Crippen LogP contribution < -0.4 is 5.73 Å². The zero-order valence-corrected chi connectivity index (χ0v) is 17.1. The number of nitrogens with two attached hydrogens (primary N) is 1. The highest BCUT2D eigenvalue weighted by Gasteiger charge is 2.40. The smallest absolute Gasteiger partial charge is 0.383 e. The summed E-state index contributed by atoms with van der Waals surface area (Å²) in [6, 6.07) is 7.53. The van der Waals surface area contributed by atoms with Crippen molar-refractivity contribution in [3.05, 3.63) is 65.0 Å². The van der Waals surface area contributed by atoms with Gasteiger partial charge in [-0.2, -0.15) is 26.3 Å². The lowest BCUT2D eigenvalue weighted by Gasteiger charge is -2.26. The summed E-state index contributed by atoms with van der Waals surface area (Å²) in [7, 11) is 0. The van der Waals surface area contributed by atoms with Crippen molar-refractivity contribution >= 4 is 22.6 Å². The van der Waals surface area contributed by atoms with E-state index in [0.29, 0.717) is 33.6 Å². The third-order valence-corrected chi connectivity index (χ3v) is 4.85. The number of fused-ring (bicyclic) bond motifs is 1. The van der Waals surface area contributed by atoms with Crippen LogP contribution in [0.25, 0.3) is 10.9 Å². The van der Waals surface area contributed by atoms with Gasteiger partial charge in [-0.25, -0.2) is 4.98 Å². The number of benzene rings is 1. The Morgan fingerprint density at radius 2 is 1.82 bits per heavy atom. The standard InChI is InChI=1S/C21H18F6N4O2/c1-11-6-13-7-12(2-5-16(13)30-18(11)28)19(33)31(10-17(32)21(25,26)27)9-15-4-3-14(8-29-15)20(22,23)24/h2-8,17,32H,9-10H2,1H3,(H2,28,30)/t17-/m0/s1. The van der Waals surface area contributed by atoms with Crippen molar-refractivity contribution in [2.45, 2.75) is 31.9 Å². The van der Waals surface area contributed by atoms with Crippen molar-refractivity contribution in [2.75, 3.05) is 12.3 Å². The molecule has 0 aliphatic heterocycles. The fourth-order valence-electron chi connectivity index (χ4n) is 3.03. The first kappa shape index (κ1) is 24.2. The van der Waals surface area contributed by atoms with Gasteiger partial charge >= 0.3 is 12.4 Å². The van der Waals surface area contributed by atoms with E-state index < -0.39 is 43.0 Å². The van der Waals surface area contributed by atoms with Crippen LogP contribution in [0.2, 0.25) is 0 Å². The van der Waals surface area contributed by atoms with Crippen LogP contribution in [-0.2, 0) is 12.7 Å². The quantitative estimate of drug-likeness (QED) is 0.546. The minimum atomic E-state index is -5.01. The molecule has 1 aromatic carbocycles. The molecule has 3 rings (SSSR count). The Hall–Kier alpha value is -3.41. The van der Waals surface area contributed by atoms with Gasteiger partial charge in [0.25, 0.3) is 5.91 Å². The second-order valence-corrected chi connectivity index (χ2v) is 7.38. The summed E-state index contributed by atoms with van der Waals surface area (Å²) in [6.07, 6.45) is -12.0. The summed E-state index contributed by atoms with van der Waals surface area (Å²) in [5.41, 5.74) is 5.71. The van der Waals surface area contributed by atoms with Crippen LogP contribution in [0.5, 0.6) is 0 Å². The van der Waals surface area contributed by atoms with Gasteiger partial charge in [-0.3, -0.25) is 9.78 Å². The van der Waals surface area contributed by atoms with Crippen LogP contribution in [0.1, 0.15) is 27.2 Å². The molecule has 1 amide bonds. The van der Waals surface area contributed by atoms with Gasteiger partial charge in [-0.15, -0.1) is 0 Å². The zero-order valence-electron chi connectivity index (χ0n) is 17.1. The second kappa shape index (κ2) is 8.85. The molecule has 33 heavy (non-hydrogen) atoms. The Balaban J connectivity index is 1.93. The number of aromatic nitrogens is 2. The molecule has 3 N–H and O–H groups in total. The average Bonchev–Trinajstić information content (AvgIpc) is 2.72. The van der Waals surface area contributed by atoms with Gasteiger partial charge in [0.2, 0.25) is 0 Å². The van der Waals surface area contributed by atoms with Gasteiger partial charge in [0, 0.05) is 17.1 Å². The largest absolute Gasteiger partial charge is 0.417 e. The van der Waals surface area contributed by atoms with Crippen molar-refractivity contribution in [3.63, 3.8) is 0 Å². The molecule has 12 heteroatoms. The van der Waals surface area contributed by atoms with Crippen LogP contribution in [0.15, 0.2) is 42.6 Å². The van der Waals surface area contributed by atoms with Gasteiger partial charge in [0.1, 0.15) is 5.82 Å². The van der Waals surface area contributed by atoms with Crippen LogP contribution >= 0.6 is 0 Å². The van der Waals surface area contributed by atoms with Crippen molar-refractivity contribution in [2.24, 2.45) is 0 Å². The molecule has 0 fully saturated rings. The Morgan fingerprint density at radius 3 is 2.39 bits per heavy atom. The van der Waals surface area contributed by atoms with E-state index in [1.807, 2.05) is 0 Å². The van der Waals surface area contributed by atoms with E-state index in [1.165, 1.54) is 18.2 Å². The predicted octanol–water partition coefficient (Wildman–Crippen LogP) is 4.10. The average molecular weight is 472 g/mol. The van der Waals surface area contributed by atoms with Crippen molar-refractivity contribution in [1.29, 1.82) is 0 Å². The molecular weight excluding hydrogens is 454 g/mol. The minimum absolute atomic E-state index is 0.00485. The highest BCUT2D eigenvalue weighted by molar-refractivity contribution is 5.98. The molecule has 2 aromatic heterocycles. The number of nitrogens with zero attached hydrogens (tertiary/aromatic N) is 3. The van der Waals surface area contributed by atoms with E-state index in [1.54, 1.807) is 13.0 Å². The van der Waals surface area contributed by atoms with Gasteiger partial charge in [0.05, 0.1) is 29.9 Å². The fourth-order valence-corrected chi connectivity index (χ4v) is 3.03. The van der Waals surface area contributed by atoms with Crippen LogP contribution in [-0.4, -0.2) is 44.7 Å². The number of hydrogen-bond donors (Lipinski definition) is 2. The molecular formula is C21H18F6N4O2. The second-order valence-electron chi connectivity index (χ2n) is 7.38. The number of halogens is 6. The number of carbonyl (C=O) groups excluding carboxylic acids is 1. The van der Waals surface area contributed by atoms with E-state index in [2.05, 4.69) is 9.97 Å². The SMILES string of the molecule is Cc1cc2cc(C(=O)N(Cc3ccc(C(F)(F)F)cn3)C[C@H](O)C(F)(F)F)ccc2nc1N. The number of aryl methyl sites for hydroxylation is 1. The van der Waals surface area contributed by atoms with Gasteiger partial charge < -0.3 is 15.7 Å². The number of pyridine rings is 2. The van der Waals surface area contributed by atoms with Gasteiger partial charge in [-0.05, 0) is 48.9 Å². The first-order chi connectivity index (χ1) is 15.3. The van der Waals surface area contributed by atoms with Crippen molar-refractivity contribution < 1.29 is 36.2 Å². The maximum atomic E-state index is 13.0. The maximum absolute atomic E-state index is 13.0. The Kier molecular flexibility index (Phi) is 6.50. The number of carbonyl (C=O) groups is 1. The molecule has 3 aromatic rings. The molecule has 0 spiro atoms. The Bertz CT molecular complexity index is 1160. The van der Waals surface area contributed by atoms with Gasteiger partial charge in [0.15, 0.2) is 6.10 Å². The number of aliphatic hydroxyl groups is 1. The molecule has 1 atom stereocenters. The first-order valence-corrected chi connectivity index (χ1v) is 9.49. The third kappa shape index (κ3) is 5.69. The molecule has 0 unspecified atom stereocenters. The van der Waals surface area contributed by atoms with Gasteiger partial charge in [-0.1, -0.05) is 0 Å². The lowest BCUT2D eigenvalue weighted by Crippen LogP contribution is -2.43. The molecule has 0 saturated carbocycles.